The minimum absolute atomic E-state index is 0.189. The van der Waals surface area contributed by atoms with Gasteiger partial charge in [0, 0.05) is 0 Å². The van der Waals surface area contributed by atoms with E-state index in [2.05, 4.69) is 4.72 Å². The Bertz CT molecular complexity index is 541. The molecule has 6 nitrogen and oxygen atoms in total. The average Bonchev–Trinajstić information content (AvgIpc) is 2.36. The molecule has 0 aliphatic rings. The van der Waals surface area contributed by atoms with E-state index < -0.39 is 22.0 Å². The van der Waals surface area contributed by atoms with Crippen molar-refractivity contribution in [2.45, 2.75) is 19.4 Å². The van der Waals surface area contributed by atoms with E-state index in [9.17, 15) is 13.2 Å². The Balaban J connectivity index is 2.67. The lowest BCUT2D eigenvalue weighted by atomic mass is 10.1. The van der Waals surface area contributed by atoms with E-state index in [1.165, 1.54) is 14.0 Å². The highest BCUT2D eigenvalue weighted by Crippen LogP contribution is 2.18. The number of sulfonamides is 1. The van der Waals surface area contributed by atoms with Crippen molar-refractivity contribution in [3.05, 3.63) is 29.8 Å². The standard InChI is InChI=1S/C12H17NO5S/c1-9(12(14)15)13-19(16,17)8-7-10-5-3-4-6-11(10)18-2/h3-6,9,13H,7-8H2,1-2H3,(H,14,15)/t9-/m0/s1. The smallest absolute Gasteiger partial charge is 0.321 e. The van der Waals surface area contributed by atoms with Gasteiger partial charge < -0.3 is 9.84 Å². The zero-order valence-electron chi connectivity index (χ0n) is 10.8. The molecule has 0 aliphatic heterocycles. The summed E-state index contributed by atoms with van der Waals surface area (Å²) in [6.45, 7) is 1.28. The van der Waals surface area contributed by atoms with Gasteiger partial charge in [0.15, 0.2) is 0 Å². The van der Waals surface area contributed by atoms with Crippen molar-refractivity contribution in [2.75, 3.05) is 12.9 Å². The fourth-order valence-corrected chi connectivity index (χ4v) is 2.78. The van der Waals surface area contributed by atoms with Crippen molar-refractivity contribution in [3.63, 3.8) is 0 Å². The third kappa shape index (κ3) is 4.88. The van der Waals surface area contributed by atoms with Gasteiger partial charge in [0.05, 0.1) is 12.9 Å². The van der Waals surface area contributed by atoms with Crippen molar-refractivity contribution in [2.24, 2.45) is 0 Å². The molecule has 0 heterocycles. The number of aryl methyl sites for hydroxylation is 1. The summed E-state index contributed by atoms with van der Waals surface area (Å²) in [7, 11) is -2.12. The van der Waals surface area contributed by atoms with Crippen LogP contribution in [-0.2, 0) is 21.2 Å². The quantitative estimate of drug-likeness (QED) is 0.767. The minimum Gasteiger partial charge on any atom is -0.496 e. The van der Waals surface area contributed by atoms with Crippen LogP contribution in [0.15, 0.2) is 24.3 Å². The van der Waals surface area contributed by atoms with Crippen molar-refractivity contribution < 1.29 is 23.1 Å². The molecule has 0 saturated carbocycles. The van der Waals surface area contributed by atoms with Gasteiger partial charge in [-0.05, 0) is 25.0 Å². The van der Waals surface area contributed by atoms with Gasteiger partial charge in [0.25, 0.3) is 0 Å². The fourth-order valence-electron chi connectivity index (χ4n) is 1.53. The predicted octanol–water partition coefficient (Wildman–Crippen LogP) is 0.630. The maximum Gasteiger partial charge on any atom is 0.321 e. The molecule has 0 amide bonds. The van der Waals surface area contributed by atoms with Crippen LogP contribution in [0, 0.1) is 0 Å². The zero-order chi connectivity index (χ0) is 14.5. The first-order chi connectivity index (χ1) is 8.85. The highest BCUT2D eigenvalue weighted by atomic mass is 32.2. The summed E-state index contributed by atoms with van der Waals surface area (Å²) in [6.07, 6.45) is 0.256. The second-order valence-corrected chi connectivity index (χ2v) is 5.93. The number of para-hydroxylation sites is 1. The average molecular weight is 287 g/mol. The minimum atomic E-state index is -3.64. The molecule has 0 aliphatic carbocycles. The van der Waals surface area contributed by atoms with Crippen LogP contribution in [0.1, 0.15) is 12.5 Å². The van der Waals surface area contributed by atoms with Crippen molar-refractivity contribution in [3.8, 4) is 5.75 Å². The van der Waals surface area contributed by atoms with E-state index in [4.69, 9.17) is 9.84 Å². The van der Waals surface area contributed by atoms with Gasteiger partial charge in [-0.2, -0.15) is 0 Å². The molecule has 0 spiro atoms. The van der Waals surface area contributed by atoms with Crippen LogP contribution >= 0.6 is 0 Å². The number of ether oxygens (including phenoxy) is 1. The Morgan fingerprint density at radius 3 is 2.63 bits per heavy atom. The first-order valence-electron chi connectivity index (χ1n) is 5.70. The SMILES string of the molecule is COc1ccccc1CCS(=O)(=O)N[C@@H](C)C(=O)O. The van der Waals surface area contributed by atoms with Crippen LogP contribution in [0.5, 0.6) is 5.75 Å². The normalized spacial score (nSPS) is 12.9. The number of rotatable bonds is 7. The number of hydrogen-bond donors (Lipinski definition) is 2. The predicted molar refractivity (Wildman–Crippen MR) is 70.7 cm³/mol. The third-order valence-corrected chi connectivity index (χ3v) is 4.01. The molecule has 19 heavy (non-hydrogen) atoms. The van der Waals surface area contributed by atoms with E-state index in [-0.39, 0.29) is 12.2 Å². The largest absolute Gasteiger partial charge is 0.496 e. The molecule has 1 atom stereocenters. The molecule has 1 aromatic carbocycles. The number of carboxylic acid groups (broad SMARTS) is 1. The van der Waals surface area contributed by atoms with Crippen molar-refractivity contribution in [1.82, 2.24) is 4.72 Å². The molecule has 2 N–H and O–H groups in total. The van der Waals surface area contributed by atoms with Crippen LogP contribution in [-0.4, -0.2) is 38.4 Å². The molecule has 7 heteroatoms. The molecular formula is C12H17NO5S. The van der Waals surface area contributed by atoms with Crippen LogP contribution in [0.3, 0.4) is 0 Å². The zero-order valence-corrected chi connectivity index (χ0v) is 11.6. The Morgan fingerprint density at radius 2 is 2.05 bits per heavy atom. The molecule has 0 unspecified atom stereocenters. The summed E-state index contributed by atoms with van der Waals surface area (Å²) < 4.78 is 30.6. The lowest BCUT2D eigenvalue weighted by molar-refractivity contribution is -0.138. The number of benzene rings is 1. The Hall–Kier alpha value is -1.60. The summed E-state index contributed by atoms with van der Waals surface area (Å²) in [5, 5.41) is 8.67. The fraction of sp³-hybridized carbons (Fsp3) is 0.417. The Morgan fingerprint density at radius 1 is 1.42 bits per heavy atom. The first-order valence-corrected chi connectivity index (χ1v) is 7.35. The maximum atomic E-state index is 11.7. The van der Waals surface area contributed by atoms with Gasteiger partial charge in [-0.25, -0.2) is 13.1 Å². The molecule has 0 radical (unpaired) electrons. The molecule has 0 aromatic heterocycles. The van der Waals surface area contributed by atoms with Gasteiger partial charge in [-0.15, -0.1) is 0 Å². The summed E-state index contributed by atoms with van der Waals surface area (Å²) >= 11 is 0. The highest BCUT2D eigenvalue weighted by Gasteiger charge is 2.19. The first kappa shape index (κ1) is 15.5. The molecule has 0 fully saturated rings. The molecule has 1 aromatic rings. The second kappa shape index (κ2) is 6.53. The second-order valence-electron chi connectivity index (χ2n) is 4.06. The maximum absolute atomic E-state index is 11.7. The van der Waals surface area contributed by atoms with E-state index in [0.29, 0.717) is 5.75 Å². The van der Waals surface area contributed by atoms with E-state index in [0.717, 1.165) is 5.56 Å². The molecule has 0 bridgehead atoms. The van der Waals surface area contributed by atoms with Gasteiger partial charge in [-0.3, -0.25) is 4.79 Å². The number of carboxylic acids is 1. The highest BCUT2D eigenvalue weighted by molar-refractivity contribution is 7.89. The molecular weight excluding hydrogens is 270 g/mol. The Kier molecular flexibility index (Phi) is 5.31. The Labute approximate surface area is 112 Å². The molecule has 106 valence electrons. The number of methoxy groups -OCH3 is 1. The van der Waals surface area contributed by atoms with E-state index in [1.54, 1.807) is 24.3 Å². The summed E-state index contributed by atoms with van der Waals surface area (Å²) in [5.74, 6) is -0.782. The van der Waals surface area contributed by atoms with Crippen LogP contribution in [0.2, 0.25) is 0 Å². The van der Waals surface area contributed by atoms with Gasteiger partial charge in [0.1, 0.15) is 11.8 Å². The van der Waals surface area contributed by atoms with Crippen LogP contribution < -0.4 is 9.46 Å². The van der Waals surface area contributed by atoms with Crippen molar-refractivity contribution in [1.29, 1.82) is 0 Å². The lowest BCUT2D eigenvalue weighted by Crippen LogP contribution is -2.39. The van der Waals surface area contributed by atoms with Crippen LogP contribution in [0.25, 0.3) is 0 Å². The topological polar surface area (TPSA) is 92.7 Å². The van der Waals surface area contributed by atoms with E-state index >= 15 is 0 Å². The summed E-state index contributed by atoms with van der Waals surface area (Å²) in [5.41, 5.74) is 0.762. The number of aliphatic carboxylic acids is 1. The molecule has 0 saturated heterocycles. The van der Waals surface area contributed by atoms with Gasteiger partial charge >= 0.3 is 5.97 Å². The third-order valence-electron chi connectivity index (χ3n) is 2.56. The molecule has 1 rings (SSSR count). The summed E-state index contributed by atoms with van der Waals surface area (Å²) in [6, 6.07) is 5.96. The van der Waals surface area contributed by atoms with Gasteiger partial charge in [-0.1, -0.05) is 18.2 Å². The summed E-state index contributed by atoms with van der Waals surface area (Å²) in [4.78, 5) is 10.6. The number of carbonyl (C=O) groups is 1. The van der Waals surface area contributed by atoms with E-state index in [1.807, 2.05) is 0 Å². The number of nitrogens with one attached hydrogen (secondary N) is 1. The van der Waals surface area contributed by atoms with Gasteiger partial charge in [0.2, 0.25) is 10.0 Å². The lowest BCUT2D eigenvalue weighted by Gasteiger charge is -2.11. The van der Waals surface area contributed by atoms with Crippen LogP contribution in [0.4, 0.5) is 0 Å². The van der Waals surface area contributed by atoms with Crippen molar-refractivity contribution >= 4 is 16.0 Å². The number of hydrogen-bond acceptors (Lipinski definition) is 4. The monoisotopic (exact) mass is 287 g/mol.